The molecule has 0 bridgehead atoms. The van der Waals surface area contributed by atoms with Gasteiger partial charge in [0, 0.05) is 35.1 Å². The Labute approximate surface area is 208 Å². The molecule has 182 valence electrons. The Morgan fingerprint density at radius 1 is 1.00 bits per heavy atom. The Morgan fingerprint density at radius 2 is 1.69 bits per heavy atom. The van der Waals surface area contributed by atoms with Crippen molar-refractivity contribution in [1.29, 1.82) is 0 Å². The molecule has 0 unspecified atom stereocenters. The summed E-state index contributed by atoms with van der Waals surface area (Å²) in [7, 11) is 4.81. The lowest BCUT2D eigenvalue weighted by molar-refractivity contribution is 0.324. The Hall–Kier alpha value is -3.85. The van der Waals surface area contributed by atoms with Crippen LogP contribution >= 0.6 is 11.3 Å². The molecule has 2 heterocycles. The van der Waals surface area contributed by atoms with Crippen LogP contribution in [0, 0.1) is 0 Å². The van der Waals surface area contributed by atoms with Gasteiger partial charge in [-0.15, -0.1) is 11.3 Å². The number of imidazole rings is 1. The van der Waals surface area contributed by atoms with Crippen LogP contribution in [-0.2, 0) is 0 Å². The molecule has 0 saturated heterocycles. The van der Waals surface area contributed by atoms with Crippen molar-refractivity contribution >= 4 is 17.0 Å². The van der Waals surface area contributed by atoms with Crippen LogP contribution in [0.15, 0.2) is 70.6 Å². The number of methoxy groups -OCH3 is 3. The third-order valence-corrected chi connectivity index (χ3v) is 6.18. The molecule has 2 aromatic heterocycles. The number of nitrogens with zero attached hydrogens (tertiary/aromatic N) is 5. The van der Waals surface area contributed by atoms with Gasteiger partial charge in [0.25, 0.3) is 0 Å². The lowest BCUT2D eigenvalue weighted by Crippen LogP contribution is -2.16. The van der Waals surface area contributed by atoms with Crippen LogP contribution in [0.25, 0.3) is 16.9 Å². The molecule has 0 atom stereocenters. The molecule has 0 fully saturated rings. The summed E-state index contributed by atoms with van der Waals surface area (Å²) in [5.74, 6) is 1.71. The summed E-state index contributed by atoms with van der Waals surface area (Å²) in [6, 6.07) is 12.2. The molecular formula is C26H29N5O3S. The molecule has 4 rings (SSSR count). The first kappa shape index (κ1) is 24.3. The summed E-state index contributed by atoms with van der Waals surface area (Å²) in [6.07, 6.45) is 5.46. The summed E-state index contributed by atoms with van der Waals surface area (Å²) in [5.41, 5.74) is 4.67. The molecule has 0 aliphatic heterocycles. The van der Waals surface area contributed by atoms with E-state index in [0.29, 0.717) is 17.2 Å². The summed E-state index contributed by atoms with van der Waals surface area (Å²) < 4.78 is 20.5. The van der Waals surface area contributed by atoms with Gasteiger partial charge in [0.1, 0.15) is 0 Å². The van der Waals surface area contributed by atoms with Crippen molar-refractivity contribution in [2.75, 3.05) is 21.3 Å². The normalized spacial score (nSPS) is 12.3. The number of benzene rings is 2. The molecule has 0 amide bonds. The molecule has 0 saturated carbocycles. The van der Waals surface area contributed by atoms with Crippen LogP contribution in [0.5, 0.6) is 17.2 Å². The molecule has 0 N–H and O–H groups in total. The predicted molar refractivity (Wildman–Crippen MR) is 139 cm³/mol. The first-order valence-electron chi connectivity index (χ1n) is 11.1. The summed E-state index contributed by atoms with van der Waals surface area (Å²) in [5, 5.41) is 7.03. The van der Waals surface area contributed by atoms with E-state index < -0.39 is 0 Å². The largest absolute Gasteiger partial charge is 0.493 e. The maximum absolute atomic E-state index is 5.57. The molecule has 0 spiro atoms. The van der Waals surface area contributed by atoms with E-state index in [0.717, 1.165) is 33.0 Å². The SMILES string of the molecule is COc1cc(-c2csc(=NC(C)C)n2N=C(C)c2ccc(-n3ccnc3)cc2)cc(OC)c1OC. The van der Waals surface area contributed by atoms with E-state index in [2.05, 4.69) is 31.0 Å². The summed E-state index contributed by atoms with van der Waals surface area (Å²) in [6.45, 7) is 6.10. The van der Waals surface area contributed by atoms with Gasteiger partial charge in [0.05, 0.1) is 39.1 Å². The highest BCUT2D eigenvalue weighted by Crippen LogP contribution is 2.41. The quantitative estimate of drug-likeness (QED) is 0.325. The molecule has 2 aromatic carbocycles. The van der Waals surface area contributed by atoms with Gasteiger partial charge in [0.2, 0.25) is 10.6 Å². The van der Waals surface area contributed by atoms with Gasteiger partial charge in [-0.2, -0.15) is 5.10 Å². The molecule has 9 heteroatoms. The van der Waals surface area contributed by atoms with E-state index in [1.54, 1.807) is 45.2 Å². The molecule has 8 nitrogen and oxygen atoms in total. The minimum Gasteiger partial charge on any atom is -0.493 e. The third kappa shape index (κ3) is 5.14. The zero-order valence-electron chi connectivity index (χ0n) is 20.7. The molecular weight excluding hydrogens is 462 g/mol. The summed E-state index contributed by atoms with van der Waals surface area (Å²) in [4.78, 5) is 9.71. The zero-order valence-corrected chi connectivity index (χ0v) is 21.5. The third-order valence-electron chi connectivity index (χ3n) is 5.35. The van der Waals surface area contributed by atoms with Gasteiger partial charge in [-0.3, -0.25) is 4.99 Å². The van der Waals surface area contributed by atoms with Crippen LogP contribution < -0.4 is 19.0 Å². The van der Waals surface area contributed by atoms with Crippen molar-refractivity contribution in [3.8, 4) is 34.2 Å². The van der Waals surface area contributed by atoms with E-state index in [1.807, 2.05) is 52.0 Å². The summed E-state index contributed by atoms with van der Waals surface area (Å²) >= 11 is 1.54. The smallest absolute Gasteiger partial charge is 0.206 e. The molecule has 0 aliphatic rings. The van der Waals surface area contributed by atoms with Gasteiger partial charge in [-0.1, -0.05) is 12.1 Å². The van der Waals surface area contributed by atoms with E-state index in [9.17, 15) is 0 Å². The highest BCUT2D eigenvalue weighted by Gasteiger charge is 2.17. The maximum Gasteiger partial charge on any atom is 0.206 e. The number of hydrogen-bond donors (Lipinski definition) is 0. The van der Waals surface area contributed by atoms with Crippen molar-refractivity contribution < 1.29 is 14.2 Å². The number of hydrogen-bond acceptors (Lipinski definition) is 7. The van der Waals surface area contributed by atoms with Gasteiger partial charge < -0.3 is 18.8 Å². The number of thiazole rings is 1. The average Bonchev–Trinajstić information content (AvgIpc) is 3.54. The Morgan fingerprint density at radius 3 is 2.23 bits per heavy atom. The molecule has 35 heavy (non-hydrogen) atoms. The number of aromatic nitrogens is 3. The lowest BCUT2D eigenvalue weighted by Gasteiger charge is -2.14. The monoisotopic (exact) mass is 491 g/mol. The fourth-order valence-corrected chi connectivity index (χ4v) is 4.59. The number of ether oxygens (including phenoxy) is 3. The van der Waals surface area contributed by atoms with E-state index in [4.69, 9.17) is 24.3 Å². The second-order valence-electron chi connectivity index (χ2n) is 8.05. The first-order chi connectivity index (χ1) is 16.9. The van der Waals surface area contributed by atoms with Crippen molar-refractivity contribution in [3.05, 3.63) is 70.9 Å². The van der Waals surface area contributed by atoms with Gasteiger partial charge >= 0.3 is 0 Å². The van der Waals surface area contributed by atoms with Crippen molar-refractivity contribution in [3.63, 3.8) is 0 Å². The van der Waals surface area contributed by atoms with Gasteiger partial charge in [-0.05, 0) is 50.6 Å². The van der Waals surface area contributed by atoms with Crippen LogP contribution in [0.3, 0.4) is 0 Å². The Kier molecular flexibility index (Phi) is 7.36. The fraction of sp³-hybridized carbons (Fsp3) is 0.269. The van der Waals surface area contributed by atoms with Crippen LogP contribution in [0.2, 0.25) is 0 Å². The van der Waals surface area contributed by atoms with Gasteiger partial charge in [0.15, 0.2) is 11.5 Å². The second kappa shape index (κ2) is 10.6. The highest BCUT2D eigenvalue weighted by molar-refractivity contribution is 7.07. The van der Waals surface area contributed by atoms with E-state index >= 15 is 0 Å². The lowest BCUT2D eigenvalue weighted by atomic mass is 10.1. The van der Waals surface area contributed by atoms with Crippen LogP contribution in [0.4, 0.5) is 0 Å². The maximum atomic E-state index is 5.57. The predicted octanol–water partition coefficient (Wildman–Crippen LogP) is 5.01. The second-order valence-corrected chi connectivity index (χ2v) is 8.89. The van der Waals surface area contributed by atoms with Crippen molar-refractivity contribution in [1.82, 2.24) is 14.2 Å². The van der Waals surface area contributed by atoms with Crippen molar-refractivity contribution in [2.45, 2.75) is 26.8 Å². The molecule has 0 aliphatic carbocycles. The minimum atomic E-state index is 0.123. The van der Waals surface area contributed by atoms with Crippen LogP contribution in [-0.4, -0.2) is 47.3 Å². The zero-order chi connectivity index (χ0) is 24.9. The van der Waals surface area contributed by atoms with Crippen LogP contribution in [0.1, 0.15) is 26.3 Å². The Balaban J connectivity index is 1.82. The minimum absolute atomic E-state index is 0.123. The standard InChI is InChI=1S/C26H29N5O3S/c1-17(2)28-26-31(29-18(3)19-7-9-21(10-8-19)30-12-11-27-16-30)22(15-35-26)20-13-23(32-4)25(34-6)24(14-20)33-5/h7-17H,1-6H3. The average molecular weight is 492 g/mol. The van der Waals surface area contributed by atoms with E-state index in [1.165, 1.54) is 0 Å². The highest BCUT2D eigenvalue weighted by atomic mass is 32.1. The molecule has 0 radical (unpaired) electrons. The first-order valence-corrected chi connectivity index (χ1v) is 12.0. The van der Waals surface area contributed by atoms with Gasteiger partial charge in [-0.25, -0.2) is 9.66 Å². The number of rotatable bonds is 8. The topological polar surface area (TPSA) is 75.2 Å². The fourth-order valence-electron chi connectivity index (χ4n) is 3.63. The van der Waals surface area contributed by atoms with E-state index in [-0.39, 0.29) is 6.04 Å². The van der Waals surface area contributed by atoms with Crippen molar-refractivity contribution in [2.24, 2.45) is 10.1 Å². The molecule has 4 aromatic rings. The Bertz CT molecular complexity index is 1360.